The first-order chi connectivity index (χ1) is 17.7. The fourth-order valence-corrected chi connectivity index (χ4v) is 5.68. The Kier molecular flexibility index (Phi) is 7.58. The van der Waals surface area contributed by atoms with Crippen LogP contribution in [0.3, 0.4) is 0 Å². The fraction of sp³-hybridized carbons (Fsp3) is 0.552. The number of H-pyrrole nitrogens is 1. The predicted molar refractivity (Wildman–Crippen MR) is 149 cm³/mol. The quantitative estimate of drug-likeness (QED) is 0.378. The molecule has 1 atom stereocenters. The van der Waals surface area contributed by atoms with Crippen LogP contribution in [0.25, 0.3) is 10.9 Å². The molecule has 1 N–H and O–H groups in total. The third-order valence-corrected chi connectivity index (χ3v) is 7.34. The summed E-state index contributed by atoms with van der Waals surface area (Å²) in [5.74, 6) is -0.374. The minimum absolute atomic E-state index is 0.0508. The molecule has 8 nitrogen and oxygen atoms in total. The van der Waals surface area contributed by atoms with Gasteiger partial charge in [0.25, 0.3) is 0 Å². The number of aromatic amines is 1. The van der Waals surface area contributed by atoms with Gasteiger partial charge >= 0.3 is 12.1 Å². The van der Waals surface area contributed by atoms with E-state index in [0.717, 1.165) is 39.8 Å². The third-order valence-electron chi connectivity index (χ3n) is 7.03. The van der Waals surface area contributed by atoms with Crippen molar-refractivity contribution in [3.05, 3.63) is 51.4 Å². The molecule has 3 aromatic rings. The molecular weight excluding hydrogens is 504 g/mol. The molecule has 1 saturated heterocycles. The van der Waals surface area contributed by atoms with Gasteiger partial charge in [-0.2, -0.15) is 5.10 Å². The first-order valence-corrected chi connectivity index (χ1v) is 13.5. The first kappa shape index (κ1) is 28.0. The second-order valence-electron chi connectivity index (χ2n) is 12.2. The van der Waals surface area contributed by atoms with Crippen molar-refractivity contribution in [3.8, 4) is 0 Å². The molecular formula is C29H39ClN4O4. The molecule has 1 aromatic carbocycles. The van der Waals surface area contributed by atoms with Gasteiger partial charge in [0.1, 0.15) is 11.3 Å². The van der Waals surface area contributed by atoms with E-state index in [0.29, 0.717) is 36.6 Å². The van der Waals surface area contributed by atoms with Gasteiger partial charge in [-0.3, -0.25) is 5.10 Å². The van der Waals surface area contributed by atoms with Crippen LogP contribution in [0.1, 0.15) is 87.0 Å². The Morgan fingerprint density at radius 2 is 1.84 bits per heavy atom. The zero-order chi connectivity index (χ0) is 28.0. The monoisotopic (exact) mass is 542 g/mol. The largest absolute Gasteiger partial charge is 0.464 e. The Labute approximate surface area is 229 Å². The Morgan fingerprint density at radius 3 is 2.47 bits per heavy atom. The SMILES string of the molecule is COC(=O)c1c(C)cc(CCc2[nH]nc3cc(Cl)c(C(C)(C)C)cc23)n1[C@@H]1CCN(C(=O)OC(C)(C)C)C1. The van der Waals surface area contributed by atoms with E-state index in [1.54, 1.807) is 4.90 Å². The fourth-order valence-electron chi connectivity index (χ4n) is 5.24. The number of nitrogens with one attached hydrogen (secondary N) is 1. The molecule has 1 aliphatic heterocycles. The lowest BCUT2D eigenvalue weighted by atomic mass is 9.86. The highest BCUT2D eigenvalue weighted by atomic mass is 35.5. The summed E-state index contributed by atoms with van der Waals surface area (Å²) >= 11 is 6.56. The molecule has 3 heterocycles. The van der Waals surface area contributed by atoms with E-state index < -0.39 is 5.60 Å². The van der Waals surface area contributed by atoms with Crippen molar-refractivity contribution in [2.45, 2.75) is 84.8 Å². The molecule has 1 aliphatic rings. The van der Waals surface area contributed by atoms with Crippen LogP contribution >= 0.6 is 11.6 Å². The van der Waals surface area contributed by atoms with Crippen molar-refractivity contribution in [3.63, 3.8) is 0 Å². The average molecular weight is 543 g/mol. The maximum Gasteiger partial charge on any atom is 0.410 e. The number of esters is 1. The van der Waals surface area contributed by atoms with Crippen LogP contribution in [0.2, 0.25) is 5.02 Å². The van der Waals surface area contributed by atoms with E-state index >= 15 is 0 Å². The lowest BCUT2D eigenvalue weighted by Gasteiger charge is -2.25. The number of carbonyl (C=O) groups excluding carboxylic acids is 2. The molecule has 4 rings (SSSR count). The second kappa shape index (κ2) is 10.3. The zero-order valence-electron chi connectivity index (χ0n) is 23.7. The standard InChI is InChI=1S/C29H39ClN4O4/c1-17-13-18(9-10-23-20-14-21(28(2,3)4)22(30)15-24(20)32-31-23)34(25(17)26(35)37-8)19-11-12-33(16-19)27(36)38-29(5,6)7/h13-15,19H,9-12,16H2,1-8H3,(H,31,32)/t19-/m1/s1. The molecule has 0 spiro atoms. The number of amides is 1. The summed E-state index contributed by atoms with van der Waals surface area (Å²) in [5, 5.41) is 9.46. The molecule has 2 aromatic heterocycles. The minimum Gasteiger partial charge on any atom is -0.464 e. The van der Waals surface area contributed by atoms with Crippen LogP contribution in [0.4, 0.5) is 4.79 Å². The van der Waals surface area contributed by atoms with Crippen LogP contribution in [-0.2, 0) is 27.7 Å². The Morgan fingerprint density at radius 1 is 1.13 bits per heavy atom. The van der Waals surface area contributed by atoms with E-state index in [9.17, 15) is 9.59 Å². The summed E-state index contributed by atoms with van der Waals surface area (Å²) in [6, 6.07) is 6.06. The topological polar surface area (TPSA) is 89.5 Å². The van der Waals surface area contributed by atoms with Crippen molar-refractivity contribution in [1.29, 1.82) is 0 Å². The normalized spacial score (nSPS) is 16.3. The second-order valence-corrected chi connectivity index (χ2v) is 12.6. The van der Waals surface area contributed by atoms with E-state index in [1.165, 1.54) is 7.11 Å². The number of nitrogens with zero attached hydrogens (tertiary/aromatic N) is 3. The molecule has 1 fully saturated rings. The van der Waals surface area contributed by atoms with Crippen molar-refractivity contribution in [1.82, 2.24) is 19.7 Å². The minimum atomic E-state index is -0.564. The highest BCUT2D eigenvalue weighted by Crippen LogP contribution is 2.34. The van der Waals surface area contributed by atoms with E-state index in [2.05, 4.69) is 47.7 Å². The lowest BCUT2D eigenvalue weighted by molar-refractivity contribution is 0.0289. The van der Waals surface area contributed by atoms with Gasteiger partial charge < -0.3 is 18.9 Å². The summed E-state index contributed by atoms with van der Waals surface area (Å²) in [6.07, 6.45) is 1.78. The zero-order valence-corrected chi connectivity index (χ0v) is 24.5. The Hall–Kier alpha value is -3.00. The highest BCUT2D eigenvalue weighted by molar-refractivity contribution is 6.32. The maximum absolute atomic E-state index is 12.8. The molecule has 0 unspecified atom stereocenters. The number of ether oxygens (including phenoxy) is 2. The molecule has 0 radical (unpaired) electrons. The summed E-state index contributed by atoms with van der Waals surface area (Å²) in [4.78, 5) is 27.3. The number of benzene rings is 1. The van der Waals surface area contributed by atoms with Gasteiger partial charge in [-0.05, 0) is 81.7 Å². The summed E-state index contributed by atoms with van der Waals surface area (Å²) in [5.41, 5.74) is 4.70. The number of rotatable bonds is 5. The number of hydrogen-bond acceptors (Lipinski definition) is 5. The van der Waals surface area contributed by atoms with Gasteiger partial charge in [0.05, 0.1) is 18.7 Å². The molecule has 0 aliphatic carbocycles. The van der Waals surface area contributed by atoms with E-state index in [-0.39, 0.29) is 23.5 Å². The van der Waals surface area contributed by atoms with Gasteiger partial charge in [0.15, 0.2) is 0 Å². The molecule has 1 amide bonds. The van der Waals surface area contributed by atoms with Crippen LogP contribution in [0.15, 0.2) is 18.2 Å². The Balaban J connectivity index is 1.63. The van der Waals surface area contributed by atoms with Crippen molar-refractivity contribution >= 4 is 34.6 Å². The maximum atomic E-state index is 12.8. The number of fused-ring (bicyclic) bond motifs is 1. The number of likely N-dealkylation sites (tertiary alicyclic amines) is 1. The molecule has 0 saturated carbocycles. The van der Waals surface area contributed by atoms with E-state index in [1.807, 2.05) is 33.8 Å². The number of aryl methyl sites for hydroxylation is 3. The molecule has 206 valence electrons. The van der Waals surface area contributed by atoms with Gasteiger partial charge in [-0.15, -0.1) is 0 Å². The van der Waals surface area contributed by atoms with Crippen molar-refractivity contribution in [2.24, 2.45) is 0 Å². The van der Waals surface area contributed by atoms with Gasteiger partial charge in [-0.1, -0.05) is 32.4 Å². The number of methoxy groups -OCH3 is 1. The number of hydrogen-bond donors (Lipinski definition) is 1. The molecule has 38 heavy (non-hydrogen) atoms. The third kappa shape index (κ3) is 5.70. The number of carbonyl (C=O) groups is 2. The van der Waals surface area contributed by atoms with Gasteiger partial charge in [0, 0.05) is 34.9 Å². The van der Waals surface area contributed by atoms with Crippen LogP contribution < -0.4 is 0 Å². The average Bonchev–Trinajstić information content (AvgIpc) is 3.51. The van der Waals surface area contributed by atoms with Crippen molar-refractivity contribution in [2.75, 3.05) is 20.2 Å². The lowest BCUT2D eigenvalue weighted by Crippen LogP contribution is -2.35. The molecule has 0 bridgehead atoms. The van der Waals surface area contributed by atoms with Crippen LogP contribution in [-0.4, -0.2) is 57.5 Å². The molecule has 9 heteroatoms. The summed E-state index contributed by atoms with van der Waals surface area (Å²) < 4.78 is 12.8. The number of halogens is 1. The van der Waals surface area contributed by atoms with Crippen LogP contribution in [0, 0.1) is 6.92 Å². The highest BCUT2D eigenvalue weighted by Gasteiger charge is 2.34. The Bertz CT molecular complexity index is 1360. The predicted octanol–water partition coefficient (Wildman–Crippen LogP) is 6.38. The first-order valence-electron chi connectivity index (χ1n) is 13.1. The summed E-state index contributed by atoms with van der Waals surface area (Å²) in [6.45, 7) is 15.0. The number of aromatic nitrogens is 3. The van der Waals surface area contributed by atoms with Crippen LogP contribution in [0.5, 0.6) is 0 Å². The smallest absolute Gasteiger partial charge is 0.410 e. The van der Waals surface area contributed by atoms with Gasteiger partial charge in [-0.25, -0.2) is 9.59 Å². The van der Waals surface area contributed by atoms with Crippen molar-refractivity contribution < 1.29 is 19.1 Å². The summed E-state index contributed by atoms with van der Waals surface area (Å²) in [7, 11) is 1.40. The van der Waals surface area contributed by atoms with Gasteiger partial charge in [0.2, 0.25) is 0 Å². The van der Waals surface area contributed by atoms with E-state index in [4.69, 9.17) is 21.1 Å².